The van der Waals surface area contributed by atoms with Gasteiger partial charge in [-0.3, -0.25) is 4.79 Å². The molecule has 0 atom stereocenters. The number of hydrogen-bond donors (Lipinski definition) is 0. The molecule has 0 bridgehead atoms. The first kappa shape index (κ1) is 18.0. The van der Waals surface area contributed by atoms with Crippen LogP contribution in [0.1, 0.15) is 23.8 Å². The van der Waals surface area contributed by atoms with Crippen LogP contribution in [0.5, 0.6) is 0 Å². The molecule has 0 fully saturated rings. The zero-order valence-corrected chi connectivity index (χ0v) is 16.1. The van der Waals surface area contributed by atoms with E-state index in [0.29, 0.717) is 13.0 Å². The second kappa shape index (κ2) is 7.72. The Morgan fingerprint density at radius 2 is 1.86 bits per heavy atom. The fourth-order valence-corrected chi connectivity index (χ4v) is 3.42. The number of carbonyl (C=O) groups is 1. The highest BCUT2D eigenvalue weighted by molar-refractivity contribution is 5.83. The lowest BCUT2D eigenvalue weighted by atomic mass is 10.1. The van der Waals surface area contributed by atoms with E-state index in [2.05, 4.69) is 18.1 Å². The van der Waals surface area contributed by atoms with Crippen LogP contribution in [0.4, 0.5) is 0 Å². The minimum Gasteiger partial charge on any atom is -0.461 e. The monoisotopic (exact) mass is 373 g/mol. The average molecular weight is 373 g/mol. The molecule has 1 amide bonds. The molecule has 5 nitrogen and oxygen atoms in total. The number of amides is 1. The van der Waals surface area contributed by atoms with Gasteiger partial charge in [-0.25, -0.2) is 4.68 Å². The maximum absolute atomic E-state index is 12.8. The van der Waals surface area contributed by atoms with Gasteiger partial charge in [0.25, 0.3) is 0 Å². The minimum atomic E-state index is 0.0555. The van der Waals surface area contributed by atoms with Crippen LogP contribution in [0.2, 0.25) is 0 Å². The lowest BCUT2D eigenvalue weighted by Crippen LogP contribution is -2.27. The Kier molecular flexibility index (Phi) is 4.98. The van der Waals surface area contributed by atoms with Crippen LogP contribution in [-0.4, -0.2) is 27.6 Å². The molecule has 2 aromatic heterocycles. The summed E-state index contributed by atoms with van der Waals surface area (Å²) in [4.78, 5) is 14.5. The van der Waals surface area contributed by atoms with Gasteiger partial charge in [-0.15, -0.1) is 0 Å². The van der Waals surface area contributed by atoms with Gasteiger partial charge in [-0.2, -0.15) is 5.10 Å². The molecule has 4 rings (SSSR count). The summed E-state index contributed by atoms with van der Waals surface area (Å²) < 4.78 is 7.74. The standard InChI is InChI=1S/C23H23N3O2/c1-3-21-20(19-11-7-8-12-22(19)28-21)16-25(2)23(27)13-17-14-24-26(15-17)18-9-5-4-6-10-18/h4-12,14-15H,3,13,16H2,1-2H3. The molecule has 0 spiro atoms. The largest absolute Gasteiger partial charge is 0.461 e. The van der Waals surface area contributed by atoms with E-state index in [1.54, 1.807) is 15.8 Å². The summed E-state index contributed by atoms with van der Waals surface area (Å²) in [5.41, 5.74) is 3.84. The van der Waals surface area contributed by atoms with Crippen molar-refractivity contribution in [3.63, 3.8) is 0 Å². The number of para-hydroxylation sites is 2. The number of aryl methyl sites for hydroxylation is 1. The predicted octanol–water partition coefficient (Wildman–Crippen LogP) is 4.38. The molecule has 0 N–H and O–H groups in total. The Labute approximate surface area is 164 Å². The van der Waals surface area contributed by atoms with Gasteiger partial charge in [0.05, 0.1) is 18.3 Å². The van der Waals surface area contributed by atoms with E-state index in [1.165, 1.54) is 0 Å². The molecule has 0 aliphatic rings. The molecule has 142 valence electrons. The lowest BCUT2D eigenvalue weighted by Gasteiger charge is -2.17. The highest BCUT2D eigenvalue weighted by Gasteiger charge is 2.18. The summed E-state index contributed by atoms with van der Waals surface area (Å²) in [6, 6.07) is 17.9. The smallest absolute Gasteiger partial charge is 0.227 e. The molecule has 0 aliphatic heterocycles. The van der Waals surface area contributed by atoms with E-state index >= 15 is 0 Å². The first-order chi connectivity index (χ1) is 13.7. The molecular formula is C23H23N3O2. The van der Waals surface area contributed by atoms with Crippen LogP contribution in [-0.2, 0) is 24.2 Å². The molecule has 0 aliphatic carbocycles. The summed E-state index contributed by atoms with van der Waals surface area (Å²) >= 11 is 0. The van der Waals surface area contributed by atoms with Gasteiger partial charge >= 0.3 is 0 Å². The number of likely N-dealkylation sites (N-methyl/N-ethyl adjacent to an activating group) is 1. The third kappa shape index (κ3) is 3.56. The van der Waals surface area contributed by atoms with E-state index < -0.39 is 0 Å². The van der Waals surface area contributed by atoms with Gasteiger partial charge in [0.1, 0.15) is 11.3 Å². The molecule has 0 saturated carbocycles. The van der Waals surface area contributed by atoms with Crippen LogP contribution >= 0.6 is 0 Å². The number of carbonyl (C=O) groups excluding carboxylic acids is 1. The highest BCUT2D eigenvalue weighted by atomic mass is 16.3. The molecule has 2 aromatic carbocycles. The fourth-order valence-electron chi connectivity index (χ4n) is 3.42. The van der Waals surface area contributed by atoms with Crippen molar-refractivity contribution in [1.29, 1.82) is 0 Å². The van der Waals surface area contributed by atoms with Crippen molar-refractivity contribution >= 4 is 16.9 Å². The molecule has 0 saturated heterocycles. The number of furan rings is 1. The summed E-state index contributed by atoms with van der Waals surface area (Å²) in [6.07, 6.45) is 4.78. The number of hydrogen-bond acceptors (Lipinski definition) is 3. The van der Waals surface area contributed by atoms with E-state index in [-0.39, 0.29) is 5.91 Å². The van der Waals surface area contributed by atoms with Crippen molar-refractivity contribution in [2.45, 2.75) is 26.3 Å². The maximum atomic E-state index is 12.8. The van der Waals surface area contributed by atoms with Gasteiger partial charge in [-0.05, 0) is 23.8 Å². The SMILES string of the molecule is CCc1oc2ccccc2c1CN(C)C(=O)Cc1cnn(-c2ccccc2)c1. The predicted molar refractivity (Wildman–Crippen MR) is 109 cm³/mol. The molecule has 4 aromatic rings. The first-order valence-corrected chi connectivity index (χ1v) is 9.48. The topological polar surface area (TPSA) is 51.3 Å². The number of nitrogens with zero attached hydrogens (tertiary/aromatic N) is 3. The number of rotatable bonds is 6. The molecule has 28 heavy (non-hydrogen) atoms. The third-order valence-corrected chi connectivity index (χ3v) is 4.94. The maximum Gasteiger partial charge on any atom is 0.227 e. The minimum absolute atomic E-state index is 0.0555. The summed E-state index contributed by atoms with van der Waals surface area (Å²) in [5, 5.41) is 5.45. The van der Waals surface area contributed by atoms with Crippen molar-refractivity contribution in [1.82, 2.24) is 14.7 Å². The van der Waals surface area contributed by atoms with Crippen molar-refractivity contribution in [3.8, 4) is 5.69 Å². The van der Waals surface area contributed by atoms with Crippen LogP contribution in [0.3, 0.4) is 0 Å². The van der Waals surface area contributed by atoms with E-state index in [4.69, 9.17) is 4.42 Å². The summed E-state index contributed by atoms with van der Waals surface area (Å²) in [6.45, 7) is 2.60. The Morgan fingerprint density at radius 3 is 2.64 bits per heavy atom. The van der Waals surface area contributed by atoms with Crippen molar-refractivity contribution in [3.05, 3.63) is 83.9 Å². The quantitative estimate of drug-likeness (QED) is 0.504. The van der Waals surface area contributed by atoms with Crippen molar-refractivity contribution < 1.29 is 9.21 Å². The van der Waals surface area contributed by atoms with Crippen molar-refractivity contribution in [2.24, 2.45) is 0 Å². The average Bonchev–Trinajstić information content (AvgIpc) is 3.33. The Hall–Kier alpha value is -3.34. The summed E-state index contributed by atoms with van der Waals surface area (Å²) in [5.74, 6) is 0.998. The number of aromatic nitrogens is 2. The zero-order chi connectivity index (χ0) is 19.5. The van der Waals surface area contributed by atoms with Gasteiger partial charge < -0.3 is 9.32 Å². The summed E-state index contributed by atoms with van der Waals surface area (Å²) in [7, 11) is 1.84. The Balaban J connectivity index is 1.48. The van der Waals surface area contributed by atoms with Gasteiger partial charge in [-0.1, -0.05) is 43.3 Å². The van der Waals surface area contributed by atoms with Crippen LogP contribution in [0.15, 0.2) is 71.4 Å². The Bertz CT molecular complexity index is 1100. The van der Waals surface area contributed by atoms with Gasteiger partial charge in [0.2, 0.25) is 5.91 Å². The highest BCUT2D eigenvalue weighted by Crippen LogP contribution is 2.27. The van der Waals surface area contributed by atoms with E-state index in [9.17, 15) is 4.79 Å². The number of benzene rings is 2. The molecule has 5 heteroatoms. The fraction of sp³-hybridized carbons (Fsp3) is 0.217. The second-order valence-electron chi connectivity index (χ2n) is 6.91. The van der Waals surface area contributed by atoms with Crippen LogP contribution in [0, 0.1) is 0 Å². The third-order valence-electron chi connectivity index (χ3n) is 4.94. The molecule has 0 radical (unpaired) electrons. The van der Waals surface area contributed by atoms with E-state index in [1.807, 2.05) is 61.8 Å². The normalized spacial score (nSPS) is 11.1. The Morgan fingerprint density at radius 1 is 1.11 bits per heavy atom. The van der Waals surface area contributed by atoms with Gasteiger partial charge in [0, 0.05) is 37.2 Å². The van der Waals surface area contributed by atoms with Crippen LogP contribution < -0.4 is 0 Å². The molecule has 0 unspecified atom stereocenters. The second-order valence-corrected chi connectivity index (χ2v) is 6.91. The lowest BCUT2D eigenvalue weighted by molar-refractivity contribution is -0.129. The zero-order valence-electron chi connectivity index (χ0n) is 16.1. The molecular weight excluding hydrogens is 350 g/mol. The molecule has 2 heterocycles. The first-order valence-electron chi connectivity index (χ1n) is 9.48. The van der Waals surface area contributed by atoms with E-state index in [0.717, 1.165) is 40.0 Å². The van der Waals surface area contributed by atoms with Crippen molar-refractivity contribution in [2.75, 3.05) is 7.05 Å². The number of fused-ring (bicyclic) bond motifs is 1. The van der Waals surface area contributed by atoms with Crippen LogP contribution in [0.25, 0.3) is 16.7 Å². The van der Waals surface area contributed by atoms with Gasteiger partial charge in [0.15, 0.2) is 0 Å².